The zero-order valence-electron chi connectivity index (χ0n) is 13.9. The molecule has 3 heteroatoms. The number of hydrogen-bond donors (Lipinski definition) is 0. The van der Waals surface area contributed by atoms with Crippen LogP contribution in [-0.2, 0) is 0 Å². The molecule has 3 aromatic rings. The second-order valence-electron chi connectivity index (χ2n) is 4.90. The third-order valence-electron chi connectivity index (χ3n) is 3.43. The van der Waals surface area contributed by atoms with Crippen LogP contribution in [0.2, 0.25) is 0 Å². The first kappa shape index (κ1) is 10.9. The highest BCUT2D eigenvalue weighted by molar-refractivity contribution is 5.66. The highest BCUT2D eigenvalue weighted by Gasteiger charge is 2.11. The summed E-state index contributed by atoms with van der Waals surface area (Å²) in [6.45, 7) is 11.1. The molecule has 0 amide bonds. The summed E-state index contributed by atoms with van der Waals surface area (Å²) >= 11 is 0. The Balaban J connectivity index is 2.33. The summed E-state index contributed by atoms with van der Waals surface area (Å²) in [6.07, 6.45) is -0.0264. The van der Waals surface area contributed by atoms with Gasteiger partial charge >= 0.3 is 0 Å². The second kappa shape index (κ2) is 5.26. The molecule has 3 rings (SSSR count). The van der Waals surface area contributed by atoms with Crippen LogP contribution in [0.25, 0.3) is 21.9 Å². The molecule has 2 aromatic carbocycles. The Morgan fingerprint density at radius 3 is 2.57 bits per heavy atom. The number of imidazole rings is 1. The highest BCUT2D eigenvalue weighted by atomic mass is 15.1. The molecule has 1 aromatic heterocycles. The molecule has 0 atom stereocenters. The van der Waals surface area contributed by atoms with Crippen LogP contribution in [0.1, 0.15) is 13.9 Å². The highest BCUT2D eigenvalue weighted by Crippen LogP contribution is 2.27. The van der Waals surface area contributed by atoms with Gasteiger partial charge in [0, 0.05) is 17.9 Å². The summed E-state index contributed by atoms with van der Waals surface area (Å²) in [7, 11) is 0. The first-order chi connectivity index (χ1) is 11.0. The van der Waals surface area contributed by atoms with E-state index in [1.54, 1.807) is 22.8 Å². The van der Waals surface area contributed by atoms with E-state index in [0.29, 0.717) is 11.5 Å². The van der Waals surface area contributed by atoms with Gasteiger partial charge in [0.05, 0.1) is 15.0 Å². The Labute approximate surface area is 127 Å². The van der Waals surface area contributed by atoms with Gasteiger partial charge in [0.1, 0.15) is 5.82 Å². The lowest BCUT2D eigenvalue weighted by Gasteiger charge is -2.14. The summed E-state index contributed by atoms with van der Waals surface area (Å²) in [6, 6.07) is 13.0. The minimum Gasteiger partial charge on any atom is -0.299 e. The number of benzene rings is 2. The average Bonchev–Trinajstić information content (AvgIpc) is 2.83. The van der Waals surface area contributed by atoms with Crippen molar-refractivity contribution in [2.24, 2.45) is 0 Å². The molecular formula is C18H15N3. The van der Waals surface area contributed by atoms with Crippen LogP contribution >= 0.6 is 0 Å². The van der Waals surface area contributed by atoms with Crippen molar-refractivity contribution >= 4 is 5.69 Å². The summed E-state index contributed by atoms with van der Waals surface area (Å²) in [5.74, 6) is 0.517. The average molecular weight is 275 g/mol. The van der Waals surface area contributed by atoms with E-state index in [-0.39, 0.29) is 12.3 Å². The fourth-order valence-corrected chi connectivity index (χ4v) is 2.46. The number of aromatic nitrogens is 2. The SMILES string of the molecule is [2H]c1nc(-c2cccc([N+]#[C-])c2)n(-c2c(C)cccc2C)c1[2H]. The molecular weight excluding hydrogens is 258 g/mol. The molecule has 1 heterocycles. The van der Waals surface area contributed by atoms with Gasteiger partial charge in [0.2, 0.25) is 0 Å². The third kappa shape index (κ3) is 2.32. The van der Waals surface area contributed by atoms with Crippen molar-refractivity contribution in [3.05, 3.63) is 77.4 Å². The standard InChI is InChI=1S/C18H15N3/c1-13-6-4-7-14(2)17(13)21-11-10-20-18(21)15-8-5-9-16(12-15)19-3/h4-12H,1-2H3/i10D,11D. The molecule has 0 radical (unpaired) electrons. The van der Waals surface area contributed by atoms with E-state index >= 15 is 0 Å². The van der Waals surface area contributed by atoms with Gasteiger partial charge in [0.25, 0.3) is 0 Å². The van der Waals surface area contributed by atoms with E-state index in [1.807, 2.05) is 38.1 Å². The second-order valence-corrected chi connectivity index (χ2v) is 4.90. The lowest BCUT2D eigenvalue weighted by Crippen LogP contribution is -2.01. The van der Waals surface area contributed by atoms with E-state index in [0.717, 1.165) is 22.4 Å². The Bertz CT molecular complexity index is 916. The van der Waals surface area contributed by atoms with Crippen molar-refractivity contribution in [1.82, 2.24) is 9.55 Å². The van der Waals surface area contributed by atoms with Gasteiger partial charge < -0.3 is 0 Å². The molecule has 0 aliphatic carbocycles. The van der Waals surface area contributed by atoms with Crippen molar-refractivity contribution in [2.45, 2.75) is 13.8 Å². The number of para-hydroxylation sites is 1. The van der Waals surface area contributed by atoms with Crippen molar-refractivity contribution in [3.63, 3.8) is 0 Å². The van der Waals surface area contributed by atoms with Crippen molar-refractivity contribution in [1.29, 1.82) is 0 Å². The maximum atomic E-state index is 8.25. The quantitative estimate of drug-likeness (QED) is 0.621. The Morgan fingerprint density at radius 2 is 1.86 bits per heavy atom. The molecule has 102 valence electrons. The largest absolute Gasteiger partial charge is 0.299 e. The van der Waals surface area contributed by atoms with E-state index in [4.69, 9.17) is 9.31 Å². The summed E-state index contributed by atoms with van der Waals surface area (Å²) in [5.41, 5.74) is 4.13. The van der Waals surface area contributed by atoms with Crippen LogP contribution in [-0.4, -0.2) is 9.55 Å². The number of hydrogen-bond acceptors (Lipinski definition) is 1. The Morgan fingerprint density at radius 1 is 1.14 bits per heavy atom. The van der Waals surface area contributed by atoms with Crippen LogP contribution in [0.4, 0.5) is 5.69 Å². The van der Waals surface area contributed by atoms with Gasteiger partial charge in [-0.1, -0.05) is 36.4 Å². The van der Waals surface area contributed by atoms with Gasteiger partial charge in [-0.2, -0.15) is 0 Å². The van der Waals surface area contributed by atoms with Crippen molar-refractivity contribution < 1.29 is 2.74 Å². The van der Waals surface area contributed by atoms with Crippen molar-refractivity contribution in [3.8, 4) is 17.1 Å². The van der Waals surface area contributed by atoms with Crippen LogP contribution in [0.5, 0.6) is 0 Å². The molecule has 0 fully saturated rings. The number of aryl methyl sites for hydroxylation is 2. The lowest BCUT2D eigenvalue weighted by molar-refractivity contribution is 1.03. The third-order valence-corrected chi connectivity index (χ3v) is 3.43. The fraction of sp³-hybridized carbons (Fsp3) is 0.111. The van der Waals surface area contributed by atoms with Gasteiger partial charge in [-0.05, 0) is 31.0 Å². The minimum atomic E-state index is -0.0733. The van der Waals surface area contributed by atoms with E-state index < -0.39 is 0 Å². The molecule has 0 spiro atoms. The number of rotatable bonds is 2. The maximum absolute atomic E-state index is 8.25. The maximum Gasteiger partial charge on any atom is 0.187 e. The first-order valence-corrected chi connectivity index (χ1v) is 6.63. The van der Waals surface area contributed by atoms with Gasteiger partial charge in [0.15, 0.2) is 5.69 Å². The van der Waals surface area contributed by atoms with Crippen LogP contribution < -0.4 is 0 Å². The van der Waals surface area contributed by atoms with Gasteiger partial charge in [-0.15, -0.1) is 0 Å². The molecule has 0 saturated carbocycles. The predicted octanol–water partition coefficient (Wildman–Crippen LogP) is 4.71. The topological polar surface area (TPSA) is 22.2 Å². The van der Waals surface area contributed by atoms with E-state index in [1.165, 1.54) is 0 Å². The molecule has 0 unspecified atom stereocenters. The monoisotopic (exact) mass is 275 g/mol. The molecule has 21 heavy (non-hydrogen) atoms. The smallest absolute Gasteiger partial charge is 0.187 e. The van der Waals surface area contributed by atoms with Gasteiger partial charge in [-0.3, -0.25) is 4.57 Å². The minimum absolute atomic E-state index is 0.0469. The molecule has 0 aliphatic heterocycles. The Kier molecular flexibility index (Phi) is 2.72. The van der Waals surface area contributed by atoms with Crippen molar-refractivity contribution in [2.75, 3.05) is 0 Å². The normalized spacial score (nSPS) is 11.7. The molecule has 0 saturated heterocycles. The lowest BCUT2D eigenvalue weighted by atomic mass is 10.1. The van der Waals surface area contributed by atoms with Crippen LogP contribution in [0.3, 0.4) is 0 Å². The molecule has 3 nitrogen and oxygen atoms in total. The first-order valence-electron chi connectivity index (χ1n) is 7.63. The van der Waals surface area contributed by atoms with Crippen LogP contribution in [0.15, 0.2) is 54.8 Å². The molecule has 0 N–H and O–H groups in total. The van der Waals surface area contributed by atoms with Crippen LogP contribution in [0, 0.1) is 20.4 Å². The summed E-state index contributed by atoms with van der Waals surface area (Å²) in [5, 5.41) is 0. The molecule has 0 aliphatic rings. The summed E-state index contributed by atoms with van der Waals surface area (Å²) in [4.78, 5) is 7.70. The van der Waals surface area contributed by atoms with E-state index in [9.17, 15) is 0 Å². The summed E-state index contributed by atoms with van der Waals surface area (Å²) < 4.78 is 17.9. The number of nitrogens with zero attached hydrogens (tertiary/aromatic N) is 3. The van der Waals surface area contributed by atoms with Gasteiger partial charge in [-0.25, -0.2) is 9.83 Å². The zero-order valence-corrected chi connectivity index (χ0v) is 11.9. The fourth-order valence-electron chi connectivity index (χ4n) is 2.46. The molecule has 0 bridgehead atoms. The zero-order chi connectivity index (χ0) is 16.6. The Hall–Kier alpha value is -2.86. The van der Waals surface area contributed by atoms with E-state index in [2.05, 4.69) is 9.83 Å². The predicted molar refractivity (Wildman–Crippen MR) is 84.7 cm³/mol.